The molecule has 0 radical (unpaired) electrons. The van der Waals surface area contributed by atoms with E-state index in [2.05, 4.69) is 15.3 Å². The Kier molecular flexibility index (Phi) is 6.14. The zero-order valence-corrected chi connectivity index (χ0v) is 9.33. The molecule has 0 aromatic rings. The molecule has 72 valence electrons. The average Bonchev–Trinajstić information content (AvgIpc) is 1.97. The molecule has 2 N–H and O–H groups in total. The fourth-order valence-corrected chi connectivity index (χ4v) is 1.07. The molecular weight excluding hydrogens is 172 g/mol. The summed E-state index contributed by atoms with van der Waals surface area (Å²) in [5, 5.41) is 2.97. The first kappa shape index (κ1) is 11.7. The topological polar surface area (TPSA) is 32.5 Å². The first-order valence-corrected chi connectivity index (χ1v) is 5.02. The molecule has 0 saturated heterocycles. The molecular formula is C7H19N4S+. The van der Waals surface area contributed by atoms with E-state index in [-0.39, 0.29) is 0 Å². The molecule has 0 saturated carbocycles. The van der Waals surface area contributed by atoms with Gasteiger partial charge < -0.3 is 0 Å². The molecule has 0 heterocycles. The quantitative estimate of drug-likeness (QED) is 0.243. The second-order valence-electron chi connectivity index (χ2n) is 2.95. The average molecular weight is 191 g/mol. The number of hydrogen-bond acceptors (Lipinski definition) is 3. The van der Waals surface area contributed by atoms with Gasteiger partial charge in [-0.2, -0.15) is 10.4 Å². The summed E-state index contributed by atoms with van der Waals surface area (Å²) in [7, 11) is 7.99. The second-order valence-corrected chi connectivity index (χ2v) is 3.77. The number of thioether (sulfide) groups is 1. The molecule has 0 rings (SSSR count). The summed E-state index contributed by atoms with van der Waals surface area (Å²) in [6.45, 7) is 0.844. The van der Waals surface area contributed by atoms with E-state index in [0.717, 1.165) is 11.8 Å². The van der Waals surface area contributed by atoms with E-state index in [9.17, 15) is 0 Å². The van der Waals surface area contributed by atoms with E-state index in [1.807, 2.05) is 39.5 Å². The van der Waals surface area contributed by atoms with Crippen LogP contribution in [0.4, 0.5) is 0 Å². The standard InChI is InChI=1S/C7H18N4S/c1-10(2)6-8-7(12-5)9-11(3)4/h6H2,1-5H3,(H,8,9)/p+1. The van der Waals surface area contributed by atoms with Crippen molar-refractivity contribution < 1.29 is 4.99 Å². The maximum absolute atomic E-state index is 3.25. The second kappa shape index (κ2) is 6.28. The lowest BCUT2D eigenvalue weighted by molar-refractivity contribution is -0.480. The Morgan fingerprint density at radius 1 is 1.33 bits per heavy atom. The summed E-state index contributed by atoms with van der Waals surface area (Å²) in [5.41, 5.74) is 3.16. The highest BCUT2D eigenvalue weighted by Gasteiger charge is 2.04. The van der Waals surface area contributed by atoms with Gasteiger partial charge >= 0.3 is 5.17 Å². The number of hydrogen-bond donors (Lipinski definition) is 2. The van der Waals surface area contributed by atoms with Gasteiger partial charge in [-0.15, -0.1) is 0 Å². The largest absolute Gasteiger partial charge is 0.323 e. The summed E-state index contributed by atoms with van der Waals surface area (Å²) in [6.07, 6.45) is 2.04. The van der Waals surface area contributed by atoms with Crippen LogP contribution in [0, 0.1) is 0 Å². The van der Waals surface area contributed by atoms with Gasteiger partial charge in [0.25, 0.3) is 0 Å². The third-order valence-corrected chi connectivity index (χ3v) is 1.73. The van der Waals surface area contributed by atoms with Gasteiger partial charge in [-0.05, 0) is 32.1 Å². The predicted molar refractivity (Wildman–Crippen MR) is 54.9 cm³/mol. The number of nitrogens with one attached hydrogen (secondary N) is 2. The minimum absolute atomic E-state index is 0.844. The highest BCUT2D eigenvalue weighted by atomic mass is 32.2. The lowest BCUT2D eigenvalue weighted by Gasteiger charge is -2.08. The third-order valence-electron chi connectivity index (χ3n) is 1.09. The van der Waals surface area contributed by atoms with Crippen LogP contribution >= 0.6 is 11.8 Å². The molecule has 0 atom stereocenters. The van der Waals surface area contributed by atoms with Crippen molar-refractivity contribution >= 4 is 16.9 Å². The molecule has 0 aromatic carbocycles. The van der Waals surface area contributed by atoms with Gasteiger partial charge in [0.05, 0.1) is 0 Å². The van der Waals surface area contributed by atoms with E-state index in [4.69, 9.17) is 0 Å². The van der Waals surface area contributed by atoms with Gasteiger partial charge in [-0.1, -0.05) is 0 Å². The monoisotopic (exact) mass is 191 g/mol. The van der Waals surface area contributed by atoms with Crippen LogP contribution in [0.15, 0.2) is 0 Å². The predicted octanol–water partition coefficient (Wildman–Crippen LogP) is -1.63. The zero-order chi connectivity index (χ0) is 9.56. The van der Waals surface area contributed by atoms with Crippen LogP contribution in [0.25, 0.3) is 0 Å². The Bertz CT molecular complexity index is 144. The molecule has 5 heteroatoms. The maximum Gasteiger partial charge on any atom is 0.323 e. The highest BCUT2D eigenvalue weighted by Crippen LogP contribution is 1.86. The highest BCUT2D eigenvalue weighted by molar-refractivity contribution is 8.12. The lowest BCUT2D eigenvalue weighted by atomic mass is 10.9. The van der Waals surface area contributed by atoms with Crippen LogP contribution in [-0.2, 0) is 0 Å². The molecule has 0 aliphatic heterocycles. The van der Waals surface area contributed by atoms with E-state index in [1.165, 1.54) is 0 Å². The molecule has 12 heavy (non-hydrogen) atoms. The Morgan fingerprint density at radius 2 is 1.92 bits per heavy atom. The van der Waals surface area contributed by atoms with Crippen LogP contribution in [0.5, 0.6) is 0 Å². The van der Waals surface area contributed by atoms with Crippen LogP contribution in [0.2, 0.25) is 0 Å². The minimum Gasteiger partial charge on any atom is -0.274 e. The first-order valence-electron chi connectivity index (χ1n) is 3.79. The Labute approximate surface area is 79.0 Å². The van der Waals surface area contributed by atoms with Crippen LogP contribution in [0.1, 0.15) is 0 Å². The molecule has 4 nitrogen and oxygen atoms in total. The van der Waals surface area contributed by atoms with Crippen molar-refractivity contribution in [2.75, 3.05) is 41.1 Å². The number of amidine groups is 1. The number of nitrogens with zero attached hydrogens (tertiary/aromatic N) is 2. The van der Waals surface area contributed by atoms with Crippen molar-refractivity contribution in [3.05, 3.63) is 0 Å². The Balaban J connectivity index is 3.87. The zero-order valence-electron chi connectivity index (χ0n) is 8.51. The SMILES string of the molecule is CSC(NN(C)C)=[NH+]CN(C)C. The number of rotatable bonds is 3. The first-order chi connectivity index (χ1) is 5.56. The van der Waals surface area contributed by atoms with E-state index in [0.29, 0.717) is 0 Å². The van der Waals surface area contributed by atoms with Gasteiger partial charge in [0.1, 0.15) is 6.67 Å². The smallest absolute Gasteiger partial charge is 0.274 e. The summed E-state index contributed by atoms with van der Waals surface area (Å²) in [4.78, 5) is 5.33. The Hall–Kier alpha value is -0.260. The summed E-state index contributed by atoms with van der Waals surface area (Å²) in [5.74, 6) is 0. The van der Waals surface area contributed by atoms with Crippen molar-refractivity contribution in [2.45, 2.75) is 0 Å². The third kappa shape index (κ3) is 6.45. The molecule has 0 fully saturated rings. The fourth-order valence-electron chi connectivity index (χ4n) is 0.590. The Morgan fingerprint density at radius 3 is 2.25 bits per heavy atom. The van der Waals surface area contributed by atoms with Gasteiger partial charge in [0.2, 0.25) is 0 Å². The number of hydrazine groups is 1. The summed E-state index contributed by atoms with van der Waals surface area (Å²) in [6, 6.07) is 0. The summed E-state index contributed by atoms with van der Waals surface area (Å²) < 4.78 is 0. The van der Waals surface area contributed by atoms with Crippen LogP contribution in [0.3, 0.4) is 0 Å². The molecule has 0 amide bonds. The van der Waals surface area contributed by atoms with Gasteiger partial charge in [0.15, 0.2) is 0 Å². The van der Waals surface area contributed by atoms with Gasteiger partial charge in [-0.25, -0.2) is 0 Å². The lowest BCUT2D eigenvalue weighted by Crippen LogP contribution is -2.78. The van der Waals surface area contributed by atoms with Crippen molar-refractivity contribution in [3.8, 4) is 0 Å². The molecule has 0 aromatic heterocycles. The summed E-state index contributed by atoms with van der Waals surface area (Å²) >= 11 is 1.67. The molecule has 0 bridgehead atoms. The van der Waals surface area contributed by atoms with E-state index in [1.54, 1.807) is 11.8 Å². The minimum atomic E-state index is 0.844. The van der Waals surface area contributed by atoms with E-state index < -0.39 is 0 Å². The van der Waals surface area contributed by atoms with E-state index >= 15 is 0 Å². The normalized spacial score (nSPS) is 12.8. The molecule has 0 unspecified atom stereocenters. The van der Waals surface area contributed by atoms with Crippen LogP contribution < -0.4 is 10.4 Å². The van der Waals surface area contributed by atoms with Crippen molar-refractivity contribution in [1.29, 1.82) is 0 Å². The molecule has 0 aliphatic rings. The fraction of sp³-hybridized carbons (Fsp3) is 0.857. The molecule has 0 spiro atoms. The van der Waals surface area contributed by atoms with Crippen molar-refractivity contribution in [2.24, 2.45) is 0 Å². The van der Waals surface area contributed by atoms with Crippen molar-refractivity contribution in [3.63, 3.8) is 0 Å². The maximum atomic E-state index is 3.25. The van der Waals surface area contributed by atoms with Gasteiger partial charge in [-0.3, -0.25) is 9.89 Å². The van der Waals surface area contributed by atoms with Crippen LogP contribution in [-0.4, -0.2) is 56.2 Å². The van der Waals surface area contributed by atoms with Gasteiger partial charge in [0, 0.05) is 14.1 Å². The molecule has 0 aliphatic carbocycles. The van der Waals surface area contributed by atoms with Crippen molar-refractivity contribution in [1.82, 2.24) is 15.3 Å².